The molecule has 1 amide bonds. The first-order valence-corrected chi connectivity index (χ1v) is 11.7. The number of hydrogen-bond donors (Lipinski definition) is 1. The van der Waals surface area contributed by atoms with E-state index in [4.69, 9.17) is 9.47 Å². The quantitative estimate of drug-likeness (QED) is 0.682. The number of carbonyl (C=O) groups is 2. The molecule has 2 fully saturated rings. The summed E-state index contributed by atoms with van der Waals surface area (Å²) in [5, 5.41) is 4.13. The van der Waals surface area contributed by atoms with Gasteiger partial charge in [0.05, 0.1) is 7.11 Å². The van der Waals surface area contributed by atoms with Crippen LogP contribution >= 0.6 is 11.3 Å². The Morgan fingerprint density at radius 1 is 1.14 bits per heavy atom. The van der Waals surface area contributed by atoms with E-state index in [0.717, 1.165) is 56.6 Å². The van der Waals surface area contributed by atoms with Gasteiger partial charge in [-0.1, -0.05) is 6.92 Å². The zero-order chi connectivity index (χ0) is 21.0. The number of thiophene rings is 1. The molecule has 0 atom stereocenters. The number of rotatable bonds is 5. The van der Waals surface area contributed by atoms with Crippen molar-refractivity contribution in [1.29, 1.82) is 0 Å². The monoisotopic (exact) mass is 422 g/mol. The van der Waals surface area contributed by atoms with E-state index in [1.807, 2.05) is 24.8 Å². The van der Waals surface area contributed by atoms with Gasteiger partial charge in [-0.15, -0.1) is 11.3 Å². The Hall–Kier alpha value is -1.60. The van der Waals surface area contributed by atoms with Gasteiger partial charge < -0.3 is 14.8 Å². The number of methoxy groups -OCH3 is 1. The fourth-order valence-electron chi connectivity index (χ4n) is 4.36. The summed E-state index contributed by atoms with van der Waals surface area (Å²) < 4.78 is 10.2. The summed E-state index contributed by atoms with van der Waals surface area (Å²) in [6.45, 7) is 8.27. The largest absolute Gasteiger partial charge is 0.513 e. The first kappa shape index (κ1) is 22.1. The van der Waals surface area contributed by atoms with Crippen LogP contribution in [0.2, 0.25) is 0 Å². The van der Waals surface area contributed by atoms with Gasteiger partial charge in [-0.2, -0.15) is 0 Å². The molecule has 0 radical (unpaired) electrons. The van der Waals surface area contributed by atoms with Crippen molar-refractivity contribution in [3.63, 3.8) is 0 Å². The maximum absolute atomic E-state index is 13.5. The van der Waals surface area contributed by atoms with Crippen molar-refractivity contribution in [3.8, 4) is 5.75 Å². The highest BCUT2D eigenvalue weighted by atomic mass is 32.1. The molecule has 0 unspecified atom stereocenters. The molecule has 7 heteroatoms. The second kappa shape index (κ2) is 9.94. The number of hydrogen-bond acceptors (Lipinski definition) is 6. The Bertz CT molecular complexity index is 704. The molecule has 0 bridgehead atoms. The molecule has 0 spiro atoms. The zero-order valence-corrected chi connectivity index (χ0v) is 18.8. The number of amides is 1. The minimum Gasteiger partial charge on any atom is -0.437 e. The van der Waals surface area contributed by atoms with Crippen LogP contribution in [0.1, 0.15) is 70.1 Å². The summed E-state index contributed by atoms with van der Waals surface area (Å²) in [7, 11) is 1.30. The molecular formula is C22H34N2O4S. The van der Waals surface area contributed by atoms with Gasteiger partial charge >= 0.3 is 6.16 Å². The third kappa shape index (κ3) is 5.31. The third-order valence-corrected chi connectivity index (χ3v) is 7.42. The Labute approximate surface area is 177 Å². The summed E-state index contributed by atoms with van der Waals surface area (Å²) in [5.41, 5.74) is 0. The van der Waals surface area contributed by atoms with Crippen molar-refractivity contribution >= 4 is 28.4 Å². The minimum absolute atomic E-state index is 0.0126. The molecule has 1 aliphatic heterocycles. The number of piperidine rings is 1. The Kier molecular flexibility index (Phi) is 7.57. The van der Waals surface area contributed by atoms with Gasteiger partial charge in [0, 0.05) is 16.8 Å². The molecule has 1 aliphatic carbocycles. The average Bonchev–Trinajstić information content (AvgIpc) is 3.12. The first-order valence-electron chi connectivity index (χ1n) is 10.8. The van der Waals surface area contributed by atoms with Crippen LogP contribution in [0.5, 0.6) is 5.75 Å². The van der Waals surface area contributed by atoms with E-state index in [1.165, 1.54) is 12.0 Å². The molecule has 1 aromatic rings. The topological polar surface area (TPSA) is 67.9 Å². The molecule has 6 nitrogen and oxygen atoms in total. The SMILES string of the molecule is COC(=O)Oc1cc(C2CCNCC2)sc1N(C(=O)[C@H]1CC[C@H](C)CC1)C(C)C. The van der Waals surface area contributed by atoms with Crippen LogP contribution in [0.25, 0.3) is 0 Å². The highest BCUT2D eigenvalue weighted by Gasteiger charge is 2.34. The Morgan fingerprint density at radius 3 is 2.38 bits per heavy atom. The molecule has 1 saturated heterocycles. The van der Waals surface area contributed by atoms with E-state index in [9.17, 15) is 9.59 Å². The molecule has 2 aliphatic rings. The second-order valence-corrected chi connectivity index (χ2v) is 9.72. The number of carbonyl (C=O) groups excluding carboxylic acids is 2. The summed E-state index contributed by atoms with van der Waals surface area (Å²) in [4.78, 5) is 28.4. The molecule has 3 rings (SSSR count). The van der Waals surface area contributed by atoms with E-state index in [0.29, 0.717) is 17.6 Å². The normalized spacial score (nSPS) is 23.1. The van der Waals surface area contributed by atoms with Gasteiger partial charge in [0.25, 0.3) is 0 Å². The highest BCUT2D eigenvalue weighted by molar-refractivity contribution is 7.16. The van der Waals surface area contributed by atoms with Gasteiger partial charge in [0.1, 0.15) is 5.00 Å². The molecule has 162 valence electrons. The molecule has 1 N–H and O–H groups in total. The number of ether oxygens (including phenoxy) is 2. The summed E-state index contributed by atoms with van der Waals surface area (Å²) in [6.07, 6.45) is 5.41. The summed E-state index contributed by atoms with van der Waals surface area (Å²) in [5.74, 6) is 1.76. The average molecular weight is 423 g/mol. The lowest BCUT2D eigenvalue weighted by Crippen LogP contribution is -2.42. The molecule has 1 saturated carbocycles. The van der Waals surface area contributed by atoms with E-state index in [2.05, 4.69) is 12.2 Å². The van der Waals surface area contributed by atoms with Crippen molar-refractivity contribution in [2.24, 2.45) is 11.8 Å². The lowest BCUT2D eigenvalue weighted by molar-refractivity contribution is -0.123. The molecule has 0 aromatic carbocycles. The van der Waals surface area contributed by atoms with Crippen molar-refractivity contribution in [1.82, 2.24) is 5.32 Å². The van der Waals surface area contributed by atoms with Crippen LogP contribution in [0.4, 0.5) is 9.80 Å². The lowest BCUT2D eigenvalue weighted by Gasteiger charge is -2.33. The van der Waals surface area contributed by atoms with E-state index >= 15 is 0 Å². The number of anilines is 1. The Balaban J connectivity index is 1.91. The highest BCUT2D eigenvalue weighted by Crippen LogP contribution is 2.45. The molecular weight excluding hydrogens is 388 g/mol. The summed E-state index contributed by atoms with van der Waals surface area (Å²) in [6, 6.07) is 1.93. The molecule has 2 heterocycles. The van der Waals surface area contributed by atoms with E-state index in [-0.39, 0.29) is 17.9 Å². The van der Waals surface area contributed by atoms with Gasteiger partial charge in [0.15, 0.2) is 5.75 Å². The fraction of sp³-hybridized carbons (Fsp3) is 0.727. The van der Waals surface area contributed by atoms with Crippen molar-refractivity contribution in [3.05, 3.63) is 10.9 Å². The fourth-order valence-corrected chi connectivity index (χ4v) is 5.75. The Morgan fingerprint density at radius 2 is 1.79 bits per heavy atom. The van der Waals surface area contributed by atoms with Gasteiger partial charge in [0.2, 0.25) is 5.91 Å². The second-order valence-electron chi connectivity index (χ2n) is 8.66. The third-order valence-electron chi connectivity index (χ3n) is 6.14. The smallest absolute Gasteiger partial charge is 0.437 e. The number of nitrogens with zero attached hydrogens (tertiary/aromatic N) is 1. The van der Waals surface area contributed by atoms with Crippen LogP contribution < -0.4 is 15.0 Å². The lowest BCUT2D eigenvalue weighted by atomic mass is 9.82. The van der Waals surface area contributed by atoms with Gasteiger partial charge in [-0.25, -0.2) is 4.79 Å². The zero-order valence-electron chi connectivity index (χ0n) is 18.0. The van der Waals surface area contributed by atoms with Gasteiger partial charge in [-0.05, 0) is 83.4 Å². The van der Waals surface area contributed by atoms with Crippen molar-refractivity contribution in [2.45, 2.75) is 71.3 Å². The predicted molar refractivity (Wildman–Crippen MR) is 116 cm³/mol. The van der Waals surface area contributed by atoms with Crippen molar-refractivity contribution < 1.29 is 19.1 Å². The van der Waals surface area contributed by atoms with Crippen LogP contribution in [0, 0.1) is 11.8 Å². The molecule has 29 heavy (non-hydrogen) atoms. The maximum Gasteiger partial charge on any atom is 0.513 e. The van der Waals surface area contributed by atoms with Gasteiger partial charge in [-0.3, -0.25) is 9.69 Å². The first-order chi connectivity index (χ1) is 13.9. The standard InChI is InChI=1S/C22H34N2O4S/c1-14(2)24(20(25)17-7-5-15(3)6-8-17)21-18(28-22(26)27-4)13-19(29-21)16-9-11-23-12-10-16/h13-17,23H,5-12H2,1-4H3/t15-,17-. The van der Waals surface area contributed by atoms with Crippen LogP contribution in [-0.2, 0) is 9.53 Å². The van der Waals surface area contributed by atoms with Crippen LogP contribution in [0.15, 0.2) is 6.07 Å². The van der Waals surface area contributed by atoms with E-state index < -0.39 is 6.16 Å². The minimum atomic E-state index is -0.747. The maximum atomic E-state index is 13.5. The van der Waals surface area contributed by atoms with E-state index in [1.54, 1.807) is 11.3 Å². The van der Waals surface area contributed by atoms with Crippen LogP contribution in [0.3, 0.4) is 0 Å². The predicted octanol–water partition coefficient (Wildman–Crippen LogP) is 4.93. The molecule has 1 aromatic heterocycles. The van der Waals surface area contributed by atoms with Crippen molar-refractivity contribution in [2.75, 3.05) is 25.1 Å². The summed E-state index contributed by atoms with van der Waals surface area (Å²) >= 11 is 1.59. The van der Waals surface area contributed by atoms with Crippen LogP contribution in [-0.4, -0.2) is 38.3 Å². The number of nitrogens with one attached hydrogen (secondary N) is 1.